The second-order valence-corrected chi connectivity index (χ2v) is 12.1. The minimum Gasteiger partial charge on any atom is -0.414 e. The van der Waals surface area contributed by atoms with E-state index in [1.807, 2.05) is 0 Å². The van der Waals surface area contributed by atoms with E-state index in [1.165, 1.54) is 36.4 Å². The van der Waals surface area contributed by atoms with E-state index < -0.39 is 85.6 Å². The van der Waals surface area contributed by atoms with Gasteiger partial charge >= 0.3 is 6.28 Å². The first-order valence-electron chi connectivity index (χ1n) is 12.7. The van der Waals surface area contributed by atoms with Crippen LogP contribution >= 0.6 is 11.8 Å². The maximum atomic E-state index is 15.9. The molecule has 0 atom stereocenters. The second kappa shape index (κ2) is 11.7. The highest BCUT2D eigenvalue weighted by Gasteiger charge is 2.54. The van der Waals surface area contributed by atoms with E-state index in [0.29, 0.717) is 16.2 Å². The quantitative estimate of drug-likeness (QED) is 0.0701. The van der Waals surface area contributed by atoms with Crippen molar-refractivity contribution in [3.8, 4) is 0 Å². The van der Waals surface area contributed by atoms with E-state index in [1.54, 1.807) is 39.8 Å². The van der Waals surface area contributed by atoms with Crippen LogP contribution in [0.25, 0.3) is 0 Å². The van der Waals surface area contributed by atoms with Gasteiger partial charge in [0, 0.05) is 4.90 Å². The largest absolute Gasteiger partial charge is 0.414 e. The number of benzene rings is 3. The van der Waals surface area contributed by atoms with E-state index in [4.69, 9.17) is 0 Å². The molecule has 0 radical (unpaired) electrons. The summed E-state index contributed by atoms with van der Waals surface area (Å²) in [4.78, 5) is -0.212. The van der Waals surface area contributed by atoms with Gasteiger partial charge in [-0.2, -0.15) is 0 Å². The summed E-state index contributed by atoms with van der Waals surface area (Å²) in [5.74, 6) is -25.1. The summed E-state index contributed by atoms with van der Waals surface area (Å²) in [6.07, 6.45) is -1.28. The highest BCUT2D eigenvalue weighted by Crippen LogP contribution is 2.38. The molecule has 226 valence electrons. The molecule has 4 aromatic rings. The fourth-order valence-corrected chi connectivity index (χ4v) is 6.41. The van der Waals surface area contributed by atoms with Gasteiger partial charge in [-0.1, -0.05) is 49.3 Å². The minimum atomic E-state index is -4.46. The summed E-state index contributed by atoms with van der Waals surface area (Å²) in [6.45, 7) is 6.39. The molecule has 0 unspecified atom stereocenters. The third kappa shape index (κ3) is 5.55. The summed E-state index contributed by atoms with van der Waals surface area (Å²) in [7, 11) is 0. The molecule has 0 saturated heterocycles. The van der Waals surface area contributed by atoms with Crippen LogP contribution in [-0.2, 0) is 0 Å². The van der Waals surface area contributed by atoms with Crippen molar-refractivity contribution in [3.05, 3.63) is 129 Å². The van der Waals surface area contributed by atoms with Crippen molar-refractivity contribution in [1.29, 1.82) is 0 Å². The van der Waals surface area contributed by atoms with E-state index in [-0.39, 0.29) is 4.90 Å². The van der Waals surface area contributed by atoms with Crippen LogP contribution < -0.4 is 15.4 Å². The lowest BCUT2D eigenvalue weighted by molar-refractivity contribution is -0.540. The van der Waals surface area contributed by atoms with Crippen molar-refractivity contribution >= 4 is 29.0 Å². The Kier molecular flexibility index (Phi) is 8.79. The predicted molar refractivity (Wildman–Crippen MR) is 144 cm³/mol. The highest BCUT2D eigenvalue weighted by atomic mass is 32.2. The zero-order valence-electron chi connectivity index (χ0n) is 23.0. The van der Waals surface area contributed by atoms with Gasteiger partial charge in [0.2, 0.25) is 0 Å². The van der Waals surface area contributed by atoms with Gasteiger partial charge in [-0.15, -0.1) is 17.8 Å². The second-order valence-electron chi connectivity index (χ2n) is 10.9. The van der Waals surface area contributed by atoms with Gasteiger partial charge in [0.15, 0.2) is 34.9 Å². The van der Waals surface area contributed by atoms with Gasteiger partial charge in [0.05, 0.1) is 0 Å². The number of nitrogens with zero attached hydrogens (tertiary/aromatic N) is 1. The lowest BCUT2D eigenvalue weighted by Gasteiger charge is -2.40. The van der Waals surface area contributed by atoms with Crippen LogP contribution in [0.5, 0.6) is 0 Å². The molecule has 4 rings (SSSR count). The number of allylic oxidation sites excluding steroid dienone is 1. The van der Waals surface area contributed by atoms with Crippen molar-refractivity contribution in [3.63, 3.8) is 0 Å². The first-order chi connectivity index (χ1) is 20.0. The molecule has 43 heavy (non-hydrogen) atoms. The van der Waals surface area contributed by atoms with Gasteiger partial charge in [-0.25, -0.2) is 43.9 Å². The first-order valence-corrected chi connectivity index (χ1v) is 13.5. The Morgan fingerprint density at radius 1 is 0.605 bits per heavy atom. The molecule has 1 aromatic heterocycles. The van der Waals surface area contributed by atoms with Crippen molar-refractivity contribution in [2.24, 2.45) is 5.41 Å². The predicted octanol–water partition coefficient (Wildman–Crippen LogP) is 7.54. The van der Waals surface area contributed by atoms with Gasteiger partial charge < -0.3 is 4.48 Å². The maximum Gasteiger partial charge on any atom is 0.377 e. The third-order valence-electron chi connectivity index (χ3n) is 6.75. The first kappa shape index (κ1) is 32.2. The Bertz CT molecular complexity index is 1610. The zero-order valence-corrected chi connectivity index (χ0v) is 23.8. The monoisotopic (exact) mass is 629 g/mol. The van der Waals surface area contributed by atoms with Crippen molar-refractivity contribution in [2.45, 2.75) is 32.6 Å². The Morgan fingerprint density at radius 2 is 0.977 bits per heavy atom. The van der Waals surface area contributed by atoms with Gasteiger partial charge in [0.25, 0.3) is 0 Å². The molecular weight excluding hydrogens is 607 g/mol. The average Bonchev–Trinajstić information content (AvgIpc) is 2.96. The van der Waals surface area contributed by atoms with Crippen molar-refractivity contribution in [2.75, 3.05) is 0 Å². The molecule has 1 nitrogen and oxygen atoms in total. The normalized spacial score (nSPS) is 12.7. The van der Waals surface area contributed by atoms with Crippen LogP contribution in [-0.4, -0.2) is 6.28 Å². The summed E-state index contributed by atoms with van der Waals surface area (Å²) in [6, 6.07) is 9.97. The van der Waals surface area contributed by atoms with E-state index >= 15 is 17.6 Å². The summed E-state index contributed by atoms with van der Waals surface area (Å²) < 4.78 is 153. The third-order valence-corrected chi connectivity index (χ3v) is 7.96. The van der Waals surface area contributed by atoms with E-state index in [0.717, 1.165) is 18.0 Å². The number of aromatic nitrogens is 1. The van der Waals surface area contributed by atoms with Crippen LogP contribution in [0.3, 0.4) is 0 Å². The van der Waals surface area contributed by atoms with E-state index in [2.05, 4.69) is 0 Å². The number of pyridine rings is 1. The Hall–Kier alpha value is -3.74. The number of aryl methyl sites for hydroxylation is 1. The highest BCUT2D eigenvalue weighted by molar-refractivity contribution is 8.05. The molecule has 0 aliphatic heterocycles. The SMILES string of the molecule is Cc1ccc(S/C(=C/C(C)(C)C)[B-](c2c(F)c(F)c(F)c(F)c2F)(c2c(F)c(F)c(F)c(F)c2F)[n+]2ccccc2)cc1. The number of hydrogen-bond donors (Lipinski definition) is 0. The van der Waals surface area contributed by atoms with Gasteiger partial charge in [-0.3, -0.25) is 0 Å². The smallest absolute Gasteiger partial charge is 0.377 e. The van der Waals surface area contributed by atoms with Gasteiger partial charge in [0.1, 0.15) is 35.7 Å². The fraction of sp³-hybridized carbons (Fsp3) is 0.167. The molecule has 0 bridgehead atoms. The number of hydrogen-bond acceptors (Lipinski definition) is 1. The van der Waals surface area contributed by atoms with Crippen LogP contribution in [0, 0.1) is 70.5 Å². The molecule has 1 heterocycles. The molecule has 0 aliphatic carbocycles. The molecule has 0 aliphatic rings. The van der Waals surface area contributed by atoms with Crippen molar-refractivity contribution < 1.29 is 48.4 Å². The summed E-state index contributed by atoms with van der Waals surface area (Å²) >= 11 is 0.606. The Balaban J connectivity index is 2.41. The fourth-order valence-electron chi connectivity index (χ4n) is 4.93. The average molecular weight is 629 g/mol. The Morgan fingerprint density at radius 3 is 1.35 bits per heavy atom. The molecule has 0 fully saturated rings. The number of halogens is 10. The van der Waals surface area contributed by atoms with Crippen LogP contribution in [0.2, 0.25) is 0 Å². The summed E-state index contributed by atoms with van der Waals surface area (Å²) in [5, 5.41) is 0. The topological polar surface area (TPSA) is 3.88 Å². The van der Waals surface area contributed by atoms with Crippen molar-refractivity contribution in [1.82, 2.24) is 0 Å². The molecule has 3 aromatic carbocycles. The molecule has 0 N–H and O–H groups in total. The lowest BCUT2D eigenvalue weighted by atomic mass is 9.26. The maximum absolute atomic E-state index is 15.9. The van der Waals surface area contributed by atoms with Gasteiger partial charge in [-0.05, 0) is 47.5 Å². The van der Waals surface area contributed by atoms with Crippen LogP contribution in [0.4, 0.5) is 43.9 Å². The molecule has 0 amide bonds. The molecule has 13 heteroatoms. The zero-order chi connectivity index (χ0) is 32.0. The van der Waals surface area contributed by atoms with E-state index in [9.17, 15) is 26.3 Å². The minimum absolute atomic E-state index is 0.261. The molecule has 0 saturated carbocycles. The summed E-state index contributed by atoms with van der Waals surface area (Å²) in [5.41, 5.74) is -3.89. The molecular formula is C30H22BF10NS. The molecule has 0 spiro atoms. The van der Waals surface area contributed by atoms with Crippen LogP contribution in [0.15, 0.2) is 70.6 Å². The number of rotatable bonds is 6. The lowest BCUT2D eigenvalue weighted by Crippen LogP contribution is -2.82. The standard InChI is InChI=1S/C30H22BF10NS/c1-15-8-10-16(11-9-15)43-17(14-30(2,3)4)31(42-12-6-5-7-13-42,18-20(32)24(36)28(40)25(37)21(18)33)19-22(34)26(38)29(41)27(39)23(19)35/h5-14H,1-4H3/b17-14+. The Labute approximate surface area is 244 Å². The number of thioether (sulfide) groups is 1. The van der Waals surface area contributed by atoms with Crippen LogP contribution in [0.1, 0.15) is 26.3 Å².